The van der Waals surface area contributed by atoms with Crippen molar-refractivity contribution in [3.8, 4) is 0 Å². The average Bonchev–Trinajstić information content (AvgIpc) is 2.62. The molecule has 0 spiro atoms. The summed E-state index contributed by atoms with van der Waals surface area (Å²) in [5.74, 6) is -0.691. The monoisotopic (exact) mass is 286 g/mol. The van der Waals surface area contributed by atoms with E-state index in [9.17, 15) is 0 Å². The van der Waals surface area contributed by atoms with Crippen LogP contribution in [-0.4, -0.2) is 24.4 Å². The Hall–Kier alpha value is -0.420. The molecule has 2 rings (SSSR count). The minimum Gasteiger partial charge on any atom is -0.396 e. The van der Waals surface area contributed by atoms with Crippen molar-refractivity contribution in [2.24, 2.45) is 0 Å². The summed E-state index contributed by atoms with van der Waals surface area (Å²) in [6.07, 6.45) is 0.595. The van der Waals surface area contributed by atoms with Crippen molar-refractivity contribution in [1.29, 1.82) is 0 Å². The maximum Gasteiger partial charge on any atom is 0.192 e. The van der Waals surface area contributed by atoms with E-state index in [-0.39, 0.29) is 12.7 Å². The van der Waals surface area contributed by atoms with Crippen molar-refractivity contribution in [1.82, 2.24) is 0 Å². The Morgan fingerprint density at radius 2 is 2.38 bits per heavy atom. The largest absolute Gasteiger partial charge is 0.396 e. The molecule has 0 bridgehead atoms. The van der Waals surface area contributed by atoms with Gasteiger partial charge in [-0.05, 0) is 25.5 Å². The third kappa shape index (κ3) is 2.46. The number of rotatable bonds is 3. The topological polar surface area (TPSA) is 38.7 Å². The number of halogens is 1. The molecular formula is C12H15BrO3. The normalized spacial score (nSPS) is 29.6. The SMILES string of the molecule is CC1(c2cccc(Br)c2)OCC(CCO)O1. The summed E-state index contributed by atoms with van der Waals surface area (Å²) in [5, 5.41) is 8.87. The van der Waals surface area contributed by atoms with Crippen molar-refractivity contribution in [3.05, 3.63) is 34.3 Å². The van der Waals surface area contributed by atoms with E-state index in [4.69, 9.17) is 14.6 Å². The lowest BCUT2D eigenvalue weighted by Gasteiger charge is -2.23. The Morgan fingerprint density at radius 1 is 1.56 bits per heavy atom. The van der Waals surface area contributed by atoms with Gasteiger partial charge in [-0.15, -0.1) is 0 Å². The molecule has 1 fully saturated rings. The lowest BCUT2D eigenvalue weighted by molar-refractivity contribution is -0.163. The van der Waals surface area contributed by atoms with E-state index in [0.29, 0.717) is 13.0 Å². The fraction of sp³-hybridized carbons (Fsp3) is 0.500. The molecule has 3 nitrogen and oxygen atoms in total. The highest BCUT2D eigenvalue weighted by Gasteiger charge is 2.38. The Balaban J connectivity index is 2.15. The van der Waals surface area contributed by atoms with Gasteiger partial charge in [0.05, 0.1) is 12.7 Å². The quantitative estimate of drug-likeness (QED) is 0.928. The van der Waals surface area contributed by atoms with E-state index >= 15 is 0 Å². The fourth-order valence-corrected chi connectivity index (χ4v) is 2.25. The van der Waals surface area contributed by atoms with Gasteiger partial charge in [0.1, 0.15) is 0 Å². The van der Waals surface area contributed by atoms with Crippen LogP contribution in [0.4, 0.5) is 0 Å². The summed E-state index contributed by atoms with van der Waals surface area (Å²) >= 11 is 3.43. The molecule has 0 aliphatic carbocycles. The average molecular weight is 287 g/mol. The van der Waals surface area contributed by atoms with Crippen LogP contribution >= 0.6 is 15.9 Å². The first-order chi connectivity index (χ1) is 7.64. The van der Waals surface area contributed by atoms with E-state index in [1.165, 1.54) is 0 Å². The summed E-state index contributed by atoms with van der Waals surface area (Å²) in [4.78, 5) is 0. The van der Waals surface area contributed by atoms with Crippen LogP contribution in [0.5, 0.6) is 0 Å². The molecule has 0 saturated carbocycles. The van der Waals surface area contributed by atoms with Gasteiger partial charge in [-0.25, -0.2) is 0 Å². The van der Waals surface area contributed by atoms with E-state index in [1.807, 2.05) is 31.2 Å². The lowest BCUT2D eigenvalue weighted by atomic mass is 10.1. The minimum absolute atomic E-state index is 0.0195. The number of benzene rings is 1. The van der Waals surface area contributed by atoms with Crippen LogP contribution < -0.4 is 0 Å². The van der Waals surface area contributed by atoms with Gasteiger partial charge in [-0.1, -0.05) is 28.1 Å². The molecule has 1 saturated heterocycles. The van der Waals surface area contributed by atoms with Gasteiger partial charge < -0.3 is 14.6 Å². The molecular weight excluding hydrogens is 272 g/mol. The number of aliphatic hydroxyl groups excluding tert-OH is 1. The van der Waals surface area contributed by atoms with E-state index in [0.717, 1.165) is 10.0 Å². The number of aliphatic hydroxyl groups is 1. The second-order valence-corrected chi connectivity index (χ2v) is 4.93. The Kier molecular flexibility index (Phi) is 3.64. The third-order valence-electron chi connectivity index (χ3n) is 2.74. The maximum atomic E-state index is 8.87. The van der Waals surface area contributed by atoms with E-state index in [1.54, 1.807) is 0 Å². The minimum atomic E-state index is -0.691. The molecule has 1 aromatic rings. The van der Waals surface area contributed by atoms with Crippen LogP contribution in [-0.2, 0) is 15.3 Å². The van der Waals surface area contributed by atoms with Crippen molar-refractivity contribution in [3.63, 3.8) is 0 Å². The first kappa shape index (κ1) is 12.0. The molecule has 1 N–H and O–H groups in total. The number of ether oxygens (including phenoxy) is 2. The van der Waals surface area contributed by atoms with Gasteiger partial charge in [-0.3, -0.25) is 0 Å². The smallest absolute Gasteiger partial charge is 0.192 e. The molecule has 2 unspecified atom stereocenters. The van der Waals surface area contributed by atoms with E-state index in [2.05, 4.69) is 15.9 Å². The van der Waals surface area contributed by atoms with Crippen LogP contribution in [0.1, 0.15) is 18.9 Å². The summed E-state index contributed by atoms with van der Waals surface area (Å²) in [6, 6.07) is 7.89. The summed E-state index contributed by atoms with van der Waals surface area (Å²) in [6.45, 7) is 2.57. The first-order valence-electron chi connectivity index (χ1n) is 5.33. The molecule has 2 atom stereocenters. The van der Waals surface area contributed by atoms with Gasteiger partial charge in [0.15, 0.2) is 5.79 Å². The highest BCUT2D eigenvalue weighted by Crippen LogP contribution is 2.35. The van der Waals surface area contributed by atoms with Gasteiger partial charge in [0.2, 0.25) is 0 Å². The maximum absolute atomic E-state index is 8.87. The third-order valence-corrected chi connectivity index (χ3v) is 3.23. The van der Waals surface area contributed by atoms with Crippen molar-refractivity contribution in [2.75, 3.05) is 13.2 Å². The Bertz CT molecular complexity index is 369. The van der Waals surface area contributed by atoms with Gasteiger partial charge >= 0.3 is 0 Å². The Labute approximate surface area is 104 Å². The van der Waals surface area contributed by atoms with Gasteiger partial charge in [0.25, 0.3) is 0 Å². The molecule has 16 heavy (non-hydrogen) atoms. The predicted molar refractivity (Wildman–Crippen MR) is 64.0 cm³/mol. The van der Waals surface area contributed by atoms with Crippen molar-refractivity contribution in [2.45, 2.75) is 25.2 Å². The zero-order valence-corrected chi connectivity index (χ0v) is 10.7. The van der Waals surface area contributed by atoms with Crippen molar-refractivity contribution >= 4 is 15.9 Å². The van der Waals surface area contributed by atoms with Crippen LogP contribution in [0.3, 0.4) is 0 Å². The molecule has 4 heteroatoms. The second kappa shape index (κ2) is 4.84. The fourth-order valence-electron chi connectivity index (χ4n) is 1.85. The molecule has 1 aromatic carbocycles. The summed E-state index contributed by atoms with van der Waals surface area (Å²) < 4.78 is 12.5. The highest BCUT2D eigenvalue weighted by molar-refractivity contribution is 9.10. The predicted octanol–water partition coefficient (Wildman–Crippen LogP) is 2.42. The highest BCUT2D eigenvalue weighted by atomic mass is 79.9. The number of hydrogen-bond donors (Lipinski definition) is 1. The molecule has 0 amide bonds. The molecule has 0 aromatic heterocycles. The molecule has 0 radical (unpaired) electrons. The summed E-state index contributed by atoms with van der Waals surface area (Å²) in [5.41, 5.74) is 0.988. The van der Waals surface area contributed by atoms with Gasteiger partial charge in [-0.2, -0.15) is 0 Å². The van der Waals surface area contributed by atoms with E-state index < -0.39 is 5.79 Å². The van der Waals surface area contributed by atoms with Crippen LogP contribution in [0.2, 0.25) is 0 Å². The van der Waals surface area contributed by atoms with Crippen LogP contribution in [0.15, 0.2) is 28.7 Å². The molecule has 1 aliphatic heterocycles. The Morgan fingerprint density at radius 3 is 3.06 bits per heavy atom. The van der Waals surface area contributed by atoms with Crippen molar-refractivity contribution < 1.29 is 14.6 Å². The lowest BCUT2D eigenvalue weighted by Crippen LogP contribution is -2.24. The van der Waals surface area contributed by atoms with Gasteiger partial charge in [0, 0.05) is 16.6 Å². The molecule has 1 aliphatic rings. The van der Waals surface area contributed by atoms with Crippen LogP contribution in [0, 0.1) is 0 Å². The summed E-state index contributed by atoms with van der Waals surface area (Å²) in [7, 11) is 0. The first-order valence-corrected chi connectivity index (χ1v) is 6.12. The van der Waals surface area contributed by atoms with Crippen LogP contribution in [0.25, 0.3) is 0 Å². The molecule has 88 valence electrons. The zero-order valence-electron chi connectivity index (χ0n) is 9.15. The number of hydrogen-bond acceptors (Lipinski definition) is 3. The second-order valence-electron chi connectivity index (χ2n) is 4.02. The zero-order chi connectivity index (χ0) is 11.6. The molecule has 1 heterocycles. The standard InChI is InChI=1S/C12H15BrO3/c1-12(9-3-2-4-10(13)7-9)15-8-11(16-12)5-6-14/h2-4,7,11,14H,5-6,8H2,1H3.